The molecule has 0 spiro atoms. The van der Waals surface area contributed by atoms with E-state index in [0.29, 0.717) is 23.9 Å². The van der Waals surface area contributed by atoms with Gasteiger partial charge in [-0.05, 0) is 50.6 Å². The minimum absolute atomic E-state index is 0.331. The number of carbonyl (C=O) groups is 1. The number of hydrogen-bond acceptors (Lipinski definition) is 4. The van der Waals surface area contributed by atoms with Crippen molar-refractivity contribution in [3.63, 3.8) is 0 Å². The highest BCUT2D eigenvalue weighted by Gasteiger charge is 2.25. The minimum atomic E-state index is -0.947. The number of nitrogens with zero attached hydrogens (tertiary/aromatic N) is 3. The van der Waals surface area contributed by atoms with Gasteiger partial charge in [0.05, 0.1) is 11.3 Å². The van der Waals surface area contributed by atoms with Crippen LogP contribution in [0, 0.1) is 0 Å². The molecule has 0 aliphatic carbocycles. The molecule has 0 aliphatic rings. The average Bonchev–Trinajstić information content (AvgIpc) is 3.09. The van der Waals surface area contributed by atoms with Gasteiger partial charge in [0, 0.05) is 41.6 Å². The Labute approximate surface area is 174 Å². The Bertz CT molecular complexity index is 965. The highest BCUT2D eigenvalue weighted by molar-refractivity contribution is 6.30. The van der Waals surface area contributed by atoms with Gasteiger partial charge in [0.1, 0.15) is 0 Å². The molecule has 0 radical (unpaired) electrons. The van der Waals surface area contributed by atoms with Gasteiger partial charge in [0.25, 0.3) is 0 Å². The average molecular weight is 414 g/mol. The number of benzene rings is 1. The van der Waals surface area contributed by atoms with E-state index >= 15 is 0 Å². The predicted octanol–water partition coefficient (Wildman–Crippen LogP) is 4.98. The molecule has 1 aromatic carbocycles. The number of anilines is 1. The van der Waals surface area contributed by atoms with Crippen molar-refractivity contribution >= 4 is 23.5 Å². The van der Waals surface area contributed by atoms with Crippen molar-refractivity contribution in [3.05, 3.63) is 53.8 Å². The molecule has 0 saturated heterocycles. The molecular weight excluding hydrogens is 390 g/mol. The summed E-state index contributed by atoms with van der Waals surface area (Å²) < 4.78 is 0. The largest absolute Gasteiger partial charge is 0.465 e. The fourth-order valence-electron chi connectivity index (χ4n) is 3.10. The zero-order valence-corrected chi connectivity index (χ0v) is 17.4. The topological polar surface area (TPSA) is 94.1 Å². The third-order valence-corrected chi connectivity index (χ3v) is 4.79. The van der Waals surface area contributed by atoms with Crippen molar-refractivity contribution in [3.8, 4) is 22.4 Å². The van der Waals surface area contributed by atoms with Crippen molar-refractivity contribution < 1.29 is 9.90 Å². The summed E-state index contributed by atoms with van der Waals surface area (Å²) in [5.41, 5.74) is 3.16. The van der Waals surface area contributed by atoms with Crippen molar-refractivity contribution in [2.75, 3.05) is 18.4 Å². The molecule has 0 atom stereocenters. The Morgan fingerprint density at radius 3 is 2.38 bits per heavy atom. The molecule has 29 heavy (non-hydrogen) atoms. The van der Waals surface area contributed by atoms with E-state index < -0.39 is 11.6 Å². The number of aromatic amines is 1. The molecule has 152 valence electrons. The van der Waals surface area contributed by atoms with Crippen LogP contribution in [-0.4, -0.2) is 49.9 Å². The van der Waals surface area contributed by atoms with E-state index in [0.717, 1.165) is 22.4 Å². The first-order chi connectivity index (χ1) is 13.8. The van der Waals surface area contributed by atoms with Crippen LogP contribution in [-0.2, 0) is 0 Å². The molecule has 0 fully saturated rings. The maximum absolute atomic E-state index is 11.6. The second kappa shape index (κ2) is 8.53. The summed E-state index contributed by atoms with van der Waals surface area (Å²) in [6.07, 6.45) is 2.50. The number of nitrogens with one attached hydrogen (secondary N) is 2. The van der Waals surface area contributed by atoms with Crippen molar-refractivity contribution in [1.82, 2.24) is 20.1 Å². The molecule has 0 unspecified atom stereocenters. The van der Waals surface area contributed by atoms with Crippen LogP contribution in [0.25, 0.3) is 22.4 Å². The Hall–Kier alpha value is -3.06. The van der Waals surface area contributed by atoms with Gasteiger partial charge in [-0.3, -0.25) is 10.1 Å². The number of pyridine rings is 1. The number of halogens is 1. The van der Waals surface area contributed by atoms with Crippen LogP contribution < -0.4 is 5.32 Å². The van der Waals surface area contributed by atoms with E-state index in [1.807, 2.05) is 57.2 Å². The van der Waals surface area contributed by atoms with E-state index in [-0.39, 0.29) is 0 Å². The predicted molar refractivity (Wildman–Crippen MR) is 115 cm³/mol. The van der Waals surface area contributed by atoms with E-state index in [4.69, 9.17) is 11.6 Å². The highest BCUT2D eigenvalue weighted by Crippen LogP contribution is 2.36. The summed E-state index contributed by atoms with van der Waals surface area (Å²) in [4.78, 5) is 17.0. The van der Waals surface area contributed by atoms with Crippen LogP contribution in [0.5, 0.6) is 0 Å². The number of aromatic nitrogens is 3. The number of rotatable bonds is 6. The first kappa shape index (κ1) is 20.7. The molecule has 0 bridgehead atoms. The third kappa shape index (κ3) is 4.86. The molecule has 0 saturated carbocycles. The fourth-order valence-corrected chi connectivity index (χ4v) is 3.23. The van der Waals surface area contributed by atoms with Gasteiger partial charge in [-0.25, -0.2) is 4.79 Å². The van der Waals surface area contributed by atoms with Crippen LogP contribution >= 0.6 is 11.6 Å². The van der Waals surface area contributed by atoms with E-state index in [1.165, 1.54) is 4.90 Å². The lowest BCUT2D eigenvalue weighted by Crippen LogP contribution is -2.47. The third-order valence-electron chi connectivity index (χ3n) is 4.54. The zero-order valence-electron chi connectivity index (χ0n) is 16.6. The monoisotopic (exact) mass is 413 g/mol. The number of H-pyrrole nitrogens is 1. The molecular formula is C21H24ClN5O2. The van der Waals surface area contributed by atoms with Crippen LogP contribution in [0.3, 0.4) is 0 Å². The second-order valence-corrected chi connectivity index (χ2v) is 8.03. The number of amides is 1. The maximum atomic E-state index is 11.6. The lowest BCUT2D eigenvalue weighted by Gasteiger charge is -2.33. The summed E-state index contributed by atoms with van der Waals surface area (Å²) in [7, 11) is 0. The molecule has 3 aromatic rings. The van der Waals surface area contributed by atoms with Gasteiger partial charge >= 0.3 is 6.09 Å². The molecule has 3 rings (SSSR count). The zero-order chi connectivity index (χ0) is 21.0. The van der Waals surface area contributed by atoms with Gasteiger partial charge in [0.15, 0.2) is 5.82 Å². The smallest absolute Gasteiger partial charge is 0.407 e. The van der Waals surface area contributed by atoms with Gasteiger partial charge < -0.3 is 15.3 Å². The lowest BCUT2D eigenvalue weighted by atomic mass is 10.0. The van der Waals surface area contributed by atoms with Gasteiger partial charge in [-0.1, -0.05) is 23.7 Å². The Morgan fingerprint density at radius 2 is 1.79 bits per heavy atom. The van der Waals surface area contributed by atoms with Crippen LogP contribution in [0.15, 0.2) is 48.8 Å². The number of carboxylic acid groups (broad SMARTS) is 1. The summed E-state index contributed by atoms with van der Waals surface area (Å²) in [6, 6.07) is 11.3. The standard InChI is InChI=1S/C21H24ClN5O2/c1-21(2,3)27(20(28)29)13-12-24-19-17(14-8-10-23-11-9-14)18(25-26-19)15-4-6-16(22)7-5-15/h4-11H,12-13H2,1-3H3,(H,28,29)(H2,24,25,26). The summed E-state index contributed by atoms with van der Waals surface area (Å²) in [6.45, 7) is 6.37. The molecule has 2 heterocycles. The fraction of sp³-hybridized carbons (Fsp3) is 0.286. The van der Waals surface area contributed by atoms with Crippen LogP contribution in [0.4, 0.5) is 10.6 Å². The molecule has 8 heteroatoms. The molecule has 3 N–H and O–H groups in total. The molecule has 1 amide bonds. The second-order valence-electron chi connectivity index (χ2n) is 7.60. The van der Waals surface area contributed by atoms with Crippen molar-refractivity contribution in [1.29, 1.82) is 0 Å². The molecule has 2 aromatic heterocycles. The summed E-state index contributed by atoms with van der Waals surface area (Å²) >= 11 is 6.02. The summed E-state index contributed by atoms with van der Waals surface area (Å²) in [5.74, 6) is 0.653. The first-order valence-corrected chi connectivity index (χ1v) is 9.64. The van der Waals surface area contributed by atoms with E-state index in [9.17, 15) is 9.90 Å². The Kier molecular flexibility index (Phi) is 6.08. The van der Waals surface area contributed by atoms with Gasteiger partial charge in [-0.2, -0.15) is 5.10 Å². The Morgan fingerprint density at radius 1 is 1.14 bits per heavy atom. The lowest BCUT2D eigenvalue weighted by molar-refractivity contribution is 0.103. The summed E-state index contributed by atoms with van der Waals surface area (Å²) in [5, 5.41) is 20.9. The van der Waals surface area contributed by atoms with E-state index in [1.54, 1.807) is 12.4 Å². The van der Waals surface area contributed by atoms with Gasteiger partial charge in [0.2, 0.25) is 0 Å². The maximum Gasteiger partial charge on any atom is 0.407 e. The quantitative estimate of drug-likeness (QED) is 0.529. The van der Waals surface area contributed by atoms with Crippen LogP contribution in [0.2, 0.25) is 5.02 Å². The first-order valence-electron chi connectivity index (χ1n) is 9.26. The Balaban J connectivity index is 1.89. The SMILES string of the molecule is CC(C)(C)N(CCNc1n[nH]c(-c2ccc(Cl)cc2)c1-c1ccncc1)C(=O)O. The minimum Gasteiger partial charge on any atom is -0.465 e. The molecule has 0 aliphatic heterocycles. The van der Waals surface area contributed by atoms with Crippen molar-refractivity contribution in [2.45, 2.75) is 26.3 Å². The number of hydrogen-bond donors (Lipinski definition) is 3. The van der Waals surface area contributed by atoms with Crippen molar-refractivity contribution in [2.24, 2.45) is 0 Å². The van der Waals surface area contributed by atoms with Gasteiger partial charge in [-0.15, -0.1) is 0 Å². The van der Waals surface area contributed by atoms with Crippen LogP contribution in [0.1, 0.15) is 20.8 Å². The molecule has 7 nitrogen and oxygen atoms in total. The van der Waals surface area contributed by atoms with E-state index in [2.05, 4.69) is 20.5 Å². The normalized spacial score (nSPS) is 11.3. The highest BCUT2D eigenvalue weighted by atomic mass is 35.5.